The highest BCUT2D eigenvalue weighted by molar-refractivity contribution is 6.42. The second-order valence-corrected chi connectivity index (χ2v) is 7.80. The average Bonchev–Trinajstić information content (AvgIpc) is 2.71. The predicted molar refractivity (Wildman–Crippen MR) is 112 cm³/mol. The average molecular weight is 437 g/mol. The van der Waals surface area contributed by atoms with E-state index in [1.54, 1.807) is 18.2 Å². The van der Waals surface area contributed by atoms with Crippen molar-refractivity contribution in [3.05, 3.63) is 63.6 Å². The van der Waals surface area contributed by atoms with Gasteiger partial charge in [-0.2, -0.15) is 0 Å². The summed E-state index contributed by atoms with van der Waals surface area (Å²) in [4.78, 5) is 25.4. The molecule has 1 amide bonds. The van der Waals surface area contributed by atoms with Gasteiger partial charge in [-0.25, -0.2) is 4.79 Å². The Labute approximate surface area is 179 Å². The van der Waals surface area contributed by atoms with Crippen LogP contribution in [0.15, 0.2) is 42.5 Å². The zero-order valence-corrected chi connectivity index (χ0v) is 17.2. The van der Waals surface area contributed by atoms with Crippen LogP contribution in [0.25, 0.3) is 0 Å². The van der Waals surface area contributed by atoms with Crippen LogP contribution in [-0.2, 0) is 11.3 Å². The molecule has 0 aliphatic carbocycles. The minimum atomic E-state index is -1.03. The molecule has 3 rings (SSSR count). The number of hydrogen-bond donors (Lipinski definition) is 2. The van der Waals surface area contributed by atoms with Gasteiger partial charge in [0, 0.05) is 25.7 Å². The summed E-state index contributed by atoms with van der Waals surface area (Å²) in [6.07, 6.45) is 1.70. The standard InChI is InChI=1S/C21H22Cl2N2O4/c22-18-5-4-14(10-19(18)23)12-25-8-6-16(7-9-25)24-20(26)13-29-17-3-1-2-15(11-17)21(27)28/h1-5,10-11,16H,6-9,12-13H2,(H,24,26)(H,27,28). The van der Waals surface area contributed by atoms with Crippen LogP contribution in [0.5, 0.6) is 5.75 Å². The molecule has 6 nitrogen and oxygen atoms in total. The second-order valence-electron chi connectivity index (χ2n) is 6.99. The first kappa shape index (κ1) is 21.4. The van der Waals surface area contributed by atoms with Crippen molar-refractivity contribution in [2.24, 2.45) is 0 Å². The number of benzene rings is 2. The van der Waals surface area contributed by atoms with Gasteiger partial charge in [-0.1, -0.05) is 35.3 Å². The number of halogens is 2. The van der Waals surface area contributed by atoms with Crippen LogP contribution < -0.4 is 10.1 Å². The molecule has 0 aromatic heterocycles. The first-order valence-corrected chi connectivity index (χ1v) is 10.1. The highest BCUT2D eigenvalue weighted by Gasteiger charge is 2.21. The maximum atomic E-state index is 12.2. The molecule has 1 saturated heterocycles. The van der Waals surface area contributed by atoms with Gasteiger partial charge in [-0.15, -0.1) is 0 Å². The van der Waals surface area contributed by atoms with Crippen molar-refractivity contribution in [2.45, 2.75) is 25.4 Å². The normalized spacial score (nSPS) is 15.1. The maximum Gasteiger partial charge on any atom is 0.335 e. The number of ether oxygens (including phenoxy) is 1. The van der Waals surface area contributed by atoms with Crippen LogP contribution in [0, 0.1) is 0 Å². The minimum absolute atomic E-state index is 0.0986. The smallest absolute Gasteiger partial charge is 0.335 e. The number of rotatable bonds is 7. The number of aromatic carboxylic acids is 1. The first-order chi connectivity index (χ1) is 13.9. The minimum Gasteiger partial charge on any atom is -0.484 e. The van der Waals surface area contributed by atoms with E-state index in [2.05, 4.69) is 10.2 Å². The topological polar surface area (TPSA) is 78.9 Å². The molecule has 154 valence electrons. The molecule has 0 atom stereocenters. The number of hydrogen-bond acceptors (Lipinski definition) is 4. The summed E-state index contributed by atoms with van der Waals surface area (Å²) < 4.78 is 5.41. The van der Waals surface area contributed by atoms with Crippen molar-refractivity contribution >= 4 is 35.1 Å². The number of amides is 1. The number of carbonyl (C=O) groups is 2. The summed E-state index contributed by atoms with van der Waals surface area (Å²) in [5, 5.41) is 13.1. The predicted octanol–water partition coefficient (Wildman–Crippen LogP) is 3.85. The molecule has 0 bridgehead atoms. The van der Waals surface area contributed by atoms with Crippen molar-refractivity contribution in [3.8, 4) is 5.75 Å². The number of nitrogens with zero attached hydrogens (tertiary/aromatic N) is 1. The van der Waals surface area contributed by atoms with Gasteiger partial charge in [0.25, 0.3) is 5.91 Å². The Morgan fingerprint density at radius 1 is 1.10 bits per heavy atom. The van der Waals surface area contributed by atoms with Gasteiger partial charge in [0.1, 0.15) is 5.75 Å². The summed E-state index contributed by atoms with van der Waals surface area (Å²) in [5.41, 5.74) is 1.23. The molecule has 8 heteroatoms. The molecule has 2 N–H and O–H groups in total. The van der Waals surface area contributed by atoms with Gasteiger partial charge in [0.2, 0.25) is 0 Å². The van der Waals surface area contributed by atoms with E-state index in [9.17, 15) is 9.59 Å². The van der Waals surface area contributed by atoms with Crippen LogP contribution in [0.3, 0.4) is 0 Å². The van der Waals surface area contributed by atoms with Gasteiger partial charge < -0.3 is 15.2 Å². The maximum absolute atomic E-state index is 12.2. The van der Waals surface area contributed by atoms with Crippen LogP contribution in [0.2, 0.25) is 10.0 Å². The lowest BCUT2D eigenvalue weighted by Gasteiger charge is -2.32. The summed E-state index contributed by atoms with van der Waals surface area (Å²) >= 11 is 12.0. The highest BCUT2D eigenvalue weighted by Crippen LogP contribution is 2.24. The van der Waals surface area contributed by atoms with Crippen molar-refractivity contribution in [1.82, 2.24) is 10.2 Å². The van der Waals surface area contributed by atoms with Crippen LogP contribution in [0.4, 0.5) is 0 Å². The van der Waals surface area contributed by atoms with E-state index in [4.69, 9.17) is 33.0 Å². The third-order valence-corrected chi connectivity index (χ3v) is 5.53. The van der Waals surface area contributed by atoms with E-state index in [0.29, 0.717) is 15.8 Å². The van der Waals surface area contributed by atoms with E-state index >= 15 is 0 Å². The lowest BCUT2D eigenvalue weighted by molar-refractivity contribution is -0.124. The molecule has 1 aliphatic rings. The number of nitrogens with one attached hydrogen (secondary N) is 1. The molecule has 1 fully saturated rings. The number of piperidine rings is 1. The fraction of sp³-hybridized carbons (Fsp3) is 0.333. The molecule has 1 aliphatic heterocycles. The summed E-state index contributed by atoms with van der Waals surface area (Å²) in [6.45, 7) is 2.38. The molecule has 2 aromatic carbocycles. The third-order valence-electron chi connectivity index (χ3n) is 4.79. The molecular weight excluding hydrogens is 415 g/mol. The Bertz CT molecular complexity index is 883. The molecule has 0 unspecified atom stereocenters. The lowest BCUT2D eigenvalue weighted by atomic mass is 10.0. The molecular formula is C21H22Cl2N2O4. The molecule has 29 heavy (non-hydrogen) atoms. The Morgan fingerprint density at radius 3 is 2.55 bits per heavy atom. The third kappa shape index (κ3) is 6.35. The van der Waals surface area contributed by atoms with Gasteiger partial charge in [-0.3, -0.25) is 9.69 Å². The summed E-state index contributed by atoms with van der Waals surface area (Å²) in [5.74, 6) is -0.891. The quantitative estimate of drug-likeness (QED) is 0.688. The monoisotopic (exact) mass is 436 g/mol. The van der Waals surface area contributed by atoms with E-state index in [0.717, 1.165) is 38.0 Å². The Balaban J connectivity index is 1.41. The lowest BCUT2D eigenvalue weighted by Crippen LogP contribution is -2.45. The van der Waals surface area contributed by atoms with Crippen molar-refractivity contribution in [3.63, 3.8) is 0 Å². The SMILES string of the molecule is O=C(COc1cccc(C(=O)O)c1)NC1CCN(Cc2ccc(Cl)c(Cl)c2)CC1. The second kappa shape index (κ2) is 9.96. The molecule has 0 spiro atoms. The Morgan fingerprint density at radius 2 is 1.86 bits per heavy atom. The Kier molecular flexibility index (Phi) is 7.36. The summed E-state index contributed by atoms with van der Waals surface area (Å²) in [7, 11) is 0. The number of carbonyl (C=O) groups excluding carboxylic acids is 1. The number of carboxylic acid groups (broad SMARTS) is 1. The fourth-order valence-corrected chi connectivity index (χ4v) is 3.59. The van der Waals surface area contributed by atoms with E-state index < -0.39 is 5.97 Å². The van der Waals surface area contributed by atoms with Crippen molar-refractivity contribution in [1.29, 1.82) is 0 Å². The van der Waals surface area contributed by atoms with Gasteiger partial charge >= 0.3 is 5.97 Å². The zero-order valence-electron chi connectivity index (χ0n) is 15.7. The van der Waals surface area contributed by atoms with E-state index in [1.807, 2.05) is 12.1 Å². The van der Waals surface area contributed by atoms with Crippen molar-refractivity contribution in [2.75, 3.05) is 19.7 Å². The largest absolute Gasteiger partial charge is 0.484 e. The molecule has 0 saturated carbocycles. The molecule has 2 aromatic rings. The van der Waals surface area contributed by atoms with Crippen molar-refractivity contribution < 1.29 is 19.4 Å². The van der Waals surface area contributed by atoms with Crippen LogP contribution in [0.1, 0.15) is 28.8 Å². The molecule has 0 radical (unpaired) electrons. The summed E-state index contributed by atoms with van der Waals surface area (Å²) in [6, 6.07) is 11.8. The van der Waals surface area contributed by atoms with E-state index in [1.165, 1.54) is 12.1 Å². The number of carboxylic acids is 1. The van der Waals surface area contributed by atoms with Gasteiger partial charge in [0.05, 0.1) is 15.6 Å². The molecule has 1 heterocycles. The van der Waals surface area contributed by atoms with Gasteiger partial charge in [0.15, 0.2) is 6.61 Å². The Hall–Kier alpha value is -2.28. The first-order valence-electron chi connectivity index (χ1n) is 9.32. The van der Waals surface area contributed by atoms with E-state index in [-0.39, 0.29) is 24.1 Å². The highest BCUT2D eigenvalue weighted by atomic mass is 35.5. The van der Waals surface area contributed by atoms with Gasteiger partial charge in [-0.05, 0) is 48.7 Å². The zero-order chi connectivity index (χ0) is 20.8. The number of likely N-dealkylation sites (tertiary alicyclic amines) is 1. The van der Waals surface area contributed by atoms with Crippen LogP contribution >= 0.6 is 23.2 Å². The van der Waals surface area contributed by atoms with Crippen LogP contribution in [-0.4, -0.2) is 47.6 Å². The fourth-order valence-electron chi connectivity index (χ4n) is 3.27.